The number of carbonyl (C=O) groups excluding carboxylic acids is 2. The van der Waals surface area contributed by atoms with E-state index in [1.165, 1.54) is 4.90 Å². The van der Waals surface area contributed by atoms with Gasteiger partial charge in [0.05, 0.1) is 25.3 Å². The van der Waals surface area contributed by atoms with Crippen LogP contribution in [0, 0.1) is 13.8 Å². The summed E-state index contributed by atoms with van der Waals surface area (Å²) in [6.45, 7) is 5.63. The molecule has 0 aromatic carbocycles. The first-order valence-electron chi connectivity index (χ1n) is 7.81. The Hall–Kier alpha value is -1.86. The second-order valence-corrected chi connectivity index (χ2v) is 6.06. The van der Waals surface area contributed by atoms with Crippen LogP contribution in [0.15, 0.2) is 0 Å². The standard InChI is InChI=1S/C16H24N2O5/c1-4-23-15(21)13-10(2)12(11(3)17-13)14(20)18-7-5-6-16(22,8-18)9-19/h17,19,22H,4-9H2,1-3H3. The highest BCUT2D eigenvalue weighted by Gasteiger charge is 2.36. The van der Waals surface area contributed by atoms with Crippen molar-refractivity contribution in [3.05, 3.63) is 22.5 Å². The molecule has 0 spiro atoms. The Bertz CT molecular complexity index is 610. The number of nitrogens with one attached hydrogen (secondary N) is 1. The van der Waals surface area contributed by atoms with Gasteiger partial charge in [0.15, 0.2) is 0 Å². The third-order valence-corrected chi connectivity index (χ3v) is 4.27. The van der Waals surface area contributed by atoms with E-state index in [4.69, 9.17) is 4.74 Å². The highest BCUT2D eigenvalue weighted by molar-refractivity contribution is 6.01. The number of aryl methyl sites for hydroxylation is 1. The topological polar surface area (TPSA) is 103 Å². The van der Waals surface area contributed by atoms with Gasteiger partial charge in [-0.05, 0) is 39.2 Å². The number of piperidine rings is 1. The minimum absolute atomic E-state index is 0.0845. The van der Waals surface area contributed by atoms with E-state index in [1.54, 1.807) is 20.8 Å². The van der Waals surface area contributed by atoms with Crippen molar-refractivity contribution in [3.63, 3.8) is 0 Å². The molecule has 7 heteroatoms. The molecule has 0 aliphatic carbocycles. The van der Waals surface area contributed by atoms with Crippen molar-refractivity contribution in [1.82, 2.24) is 9.88 Å². The lowest BCUT2D eigenvalue weighted by molar-refractivity contribution is -0.0598. The first kappa shape index (κ1) is 17.5. The van der Waals surface area contributed by atoms with Gasteiger partial charge in [0.1, 0.15) is 11.3 Å². The summed E-state index contributed by atoms with van der Waals surface area (Å²) in [5.74, 6) is -0.740. The first-order chi connectivity index (χ1) is 10.8. The Morgan fingerprint density at radius 2 is 2.09 bits per heavy atom. The summed E-state index contributed by atoms with van der Waals surface area (Å²) < 4.78 is 4.98. The second-order valence-electron chi connectivity index (χ2n) is 6.06. The van der Waals surface area contributed by atoms with Gasteiger partial charge >= 0.3 is 5.97 Å². The van der Waals surface area contributed by atoms with Gasteiger partial charge in [-0.15, -0.1) is 0 Å². The van der Waals surface area contributed by atoms with Gasteiger partial charge in [0.25, 0.3) is 5.91 Å². The zero-order chi connectivity index (χ0) is 17.2. The van der Waals surface area contributed by atoms with Crippen LogP contribution in [-0.2, 0) is 4.74 Å². The summed E-state index contributed by atoms with van der Waals surface area (Å²) in [7, 11) is 0. The maximum atomic E-state index is 12.8. The number of hydrogen-bond acceptors (Lipinski definition) is 5. The van der Waals surface area contributed by atoms with Gasteiger partial charge in [0, 0.05) is 12.2 Å². The molecule has 2 heterocycles. The van der Waals surface area contributed by atoms with Gasteiger partial charge in [-0.3, -0.25) is 4.79 Å². The lowest BCUT2D eigenvalue weighted by Crippen LogP contribution is -2.52. The number of hydrogen-bond donors (Lipinski definition) is 3. The highest BCUT2D eigenvalue weighted by Crippen LogP contribution is 2.25. The van der Waals surface area contributed by atoms with E-state index in [0.717, 1.165) is 0 Å². The summed E-state index contributed by atoms with van der Waals surface area (Å²) in [6.07, 6.45) is 1.09. The Morgan fingerprint density at radius 1 is 1.39 bits per heavy atom. The molecule has 1 fully saturated rings. The van der Waals surface area contributed by atoms with Crippen molar-refractivity contribution in [1.29, 1.82) is 0 Å². The summed E-state index contributed by atoms with van der Waals surface area (Å²) >= 11 is 0. The van der Waals surface area contributed by atoms with Crippen molar-refractivity contribution in [2.45, 2.75) is 39.2 Å². The molecule has 1 aromatic rings. The molecule has 1 saturated heterocycles. The fourth-order valence-electron chi connectivity index (χ4n) is 3.05. The van der Waals surface area contributed by atoms with Crippen LogP contribution >= 0.6 is 0 Å². The normalized spacial score (nSPS) is 21.3. The maximum Gasteiger partial charge on any atom is 0.355 e. The number of aliphatic hydroxyl groups is 2. The van der Waals surface area contributed by atoms with Crippen molar-refractivity contribution in [2.24, 2.45) is 0 Å². The number of aromatic nitrogens is 1. The van der Waals surface area contributed by atoms with E-state index in [-0.39, 0.29) is 31.4 Å². The number of rotatable bonds is 4. The van der Waals surface area contributed by atoms with Gasteiger partial charge < -0.3 is 24.8 Å². The number of β-amino-alcohol motifs (C(OH)–C–C–N with tert-alkyl or cyclic N) is 1. The van der Waals surface area contributed by atoms with Gasteiger partial charge in [0.2, 0.25) is 0 Å². The van der Waals surface area contributed by atoms with E-state index in [1.807, 2.05) is 0 Å². The summed E-state index contributed by atoms with van der Waals surface area (Å²) in [5.41, 5.74) is 0.589. The molecule has 1 aliphatic heterocycles. The van der Waals surface area contributed by atoms with Crippen molar-refractivity contribution < 1.29 is 24.5 Å². The third kappa shape index (κ3) is 3.40. The van der Waals surface area contributed by atoms with Crippen LogP contribution in [0.2, 0.25) is 0 Å². The van der Waals surface area contributed by atoms with E-state index in [2.05, 4.69) is 4.98 Å². The average molecular weight is 324 g/mol. The van der Waals surface area contributed by atoms with Crippen LogP contribution < -0.4 is 0 Å². The highest BCUT2D eigenvalue weighted by atomic mass is 16.5. The van der Waals surface area contributed by atoms with Crippen LogP contribution in [0.5, 0.6) is 0 Å². The summed E-state index contributed by atoms with van der Waals surface area (Å²) in [5, 5.41) is 19.5. The molecule has 2 rings (SSSR count). The van der Waals surface area contributed by atoms with Gasteiger partial charge in [-0.1, -0.05) is 0 Å². The minimum atomic E-state index is -1.25. The van der Waals surface area contributed by atoms with Crippen LogP contribution in [0.4, 0.5) is 0 Å². The van der Waals surface area contributed by atoms with Crippen molar-refractivity contribution >= 4 is 11.9 Å². The fourth-order valence-corrected chi connectivity index (χ4v) is 3.05. The van der Waals surface area contributed by atoms with Gasteiger partial charge in [-0.2, -0.15) is 0 Å². The van der Waals surface area contributed by atoms with E-state index in [0.29, 0.717) is 36.2 Å². The SMILES string of the molecule is CCOC(=O)c1[nH]c(C)c(C(=O)N2CCCC(O)(CO)C2)c1C. The molecule has 1 atom stereocenters. The van der Waals surface area contributed by atoms with Crippen LogP contribution in [-0.4, -0.2) is 63.9 Å². The lowest BCUT2D eigenvalue weighted by Gasteiger charge is -2.38. The first-order valence-corrected chi connectivity index (χ1v) is 7.81. The second kappa shape index (κ2) is 6.72. The number of likely N-dealkylation sites (tertiary alicyclic amines) is 1. The summed E-state index contributed by atoms with van der Waals surface area (Å²) in [6, 6.07) is 0. The third-order valence-electron chi connectivity index (χ3n) is 4.27. The number of aromatic amines is 1. The molecule has 0 radical (unpaired) electrons. The molecule has 0 saturated carbocycles. The van der Waals surface area contributed by atoms with Crippen LogP contribution in [0.3, 0.4) is 0 Å². The predicted molar refractivity (Wildman–Crippen MR) is 83.4 cm³/mol. The fraction of sp³-hybridized carbons (Fsp3) is 0.625. The molecule has 3 N–H and O–H groups in total. The smallest absolute Gasteiger partial charge is 0.355 e. The van der Waals surface area contributed by atoms with E-state index in [9.17, 15) is 19.8 Å². The zero-order valence-electron chi connectivity index (χ0n) is 13.8. The lowest BCUT2D eigenvalue weighted by atomic mass is 9.93. The molecular weight excluding hydrogens is 300 g/mol. The quantitative estimate of drug-likeness (QED) is 0.710. The number of ether oxygens (including phenoxy) is 1. The number of amides is 1. The molecule has 1 unspecified atom stereocenters. The zero-order valence-corrected chi connectivity index (χ0v) is 13.8. The molecule has 1 amide bonds. The summed E-state index contributed by atoms with van der Waals surface area (Å²) in [4.78, 5) is 29.2. The number of carbonyl (C=O) groups is 2. The molecule has 1 aliphatic rings. The van der Waals surface area contributed by atoms with E-state index < -0.39 is 11.6 Å². The molecule has 1 aromatic heterocycles. The Balaban J connectivity index is 2.28. The number of aliphatic hydroxyl groups excluding tert-OH is 1. The number of esters is 1. The molecule has 128 valence electrons. The monoisotopic (exact) mass is 324 g/mol. The Morgan fingerprint density at radius 3 is 2.70 bits per heavy atom. The number of nitrogens with zero attached hydrogens (tertiary/aromatic N) is 1. The van der Waals surface area contributed by atoms with Crippen molar-refractivity contribution in [2.75, 3.05) is 26.3 Å². The Labute approximate surface area is 135 Å². The predicted octanol–water partition coefficient (Wildman–Crippen LogP) is 0.768. The molecule has 23 heavy (non-hydrogen) atoms. The Kier molecular flexibility index (Phi) is 5.11. The van der Waals surface area contributed by atoms with Crippen LogP contribution in [0.1, 0.15) is 51.9 Å². The maximum absolute atomic E-state index is 12.8. The molecular formula is C16H24N2O5. The minimum Gasteiger partial charge on any atom is -0.461 e. The van der Waals surface area contributed by atoms with Gasteiger partial charge in [-0.25, -0.2) is 4.79 Å². The number of H-pyrrole nitrogens is 1. The molecule has 7 nitrogen and oxygen atoms in total. The van der Waals surface area contributed by atoms with E-state index >= 15 is 0 Å². The molecule has 0 bridgehead atoms. The van der Waals surface area contributed by atoms with Crippen molar-refractivity contribution in [3.8, 4) is 0 Å². The average Bonchev–Trinajstić information content (AvgIpc) is 2.82. The van der Waals surface area contributed by atoms with Crippen LogP contribution in [0.25, 0.3) is 0 Å². The largest absolute Gasteiger partial charge is 0.461 e.